The van der Waals surface area contributed by atoms with Crippen LogP contribution in [0.5, 0.6) is 0 Å². The van der Waals surface area contributed by atoms with Crippen LogP contribution in [0.3, 0.4) is 0 Å². The average Bonchev–Trinajstić information content (AvgIpc) is 2.95. The highest BCUT2D eigenvalue weighted by atomic mass is 32.2. The number of aromatic nitrogens is 2. The van der Waals surface area contributed by atoms with E-state index in [1.165, 1.54) is 5.69 Å². The number of nitrogens with zero attached hydrogens (tertiary/aromatic N) is 3. The Hall–Kier alpha value is -2.15. The molecule has 1 unspecified atom stereocenters. The molecule has 1 aromatic heterocycles. The predicted molar refractivity (Wildman–Crippen MR) is 109 cm³/mol. The average molecular weight is 376 g/mol. The number of nitrogens with one attached hydrogen (secondary N) is 2. The fraction of sp³-hybridized carbons (Fsp3) is 0.474. The lowest BCUT2D eigenvalue weighted by Crippen LogP contribution is -2.39. The minimum Gasteiger partial charge on any atom is -0.356 e. The van der Waals surface area contributed by atoms with Gasteiger partial charge >= 0.3 is 0 Å². The lowest BCUT2D eigenvalue weighted by molar-refractivity contribution is 0.555. The molecule has 0 spiro atoms. The zero-order valence-electron chi connectivity index (χ0n) is 15.9. The van der Waals surface area contributed by atoms with Crippen molar-refractivity contribution in [3.8, 4) is 0 Å². The van der Waals surface area contributed by atoms with Crippen LogP contribution in [-0.2, 0) is 23.1 Å². The van der Waals surface area contributed by atoms with Crippen LogP contribution in [0, 0.1) is 13.8 Å². The van der Waals surface area contributed by atoms with E-state index in [1.54, 1.807) is 7.05 Å². The third-order valence-corrected chi connectivity index (χ3v) is 5.27. The summed E-state index contributed by atoms with van der Waals surface area (Å²) in [6.07, 6.45) is 0.961. The van der Waals surface area contributed by atoms with Gasteiger partial charge < -0.3 is 10.6 Å². The van der Waals surface area contributed by atoms with Gasteiger partial charge in [0.2, 0.25) is 0 Å². The first-order chi connectivity index (χ1) is 12.6. The van der Waals surface area contributed by atoms with Gasteiger partial charge in [-0.05, 0) is 31.9 Å². The van der Waals surface area contributed by atoms with Crippen molar-refractivity contribution in [3.05, 3.63) is 53.3 Å². The Morgan fingerprint density at radius 3 is 2.58 bits per heavy atom. The number of aryl methyl sites for hydroxylation is 3. The molecule has 0 fully saturated rings. The minimum atomic E-state index is -0.879. The van der Waals surface area contributed by atoms with Crippen LogP contribution in [0.2, 0.25) is 0 Å². The van der Waals surface area contributed by atoms with Crippen LogP contribution in [0.15, 0.2) is 41.4 Å². The van der Waals surface area contributed by atoms with Crippen molar-refractivity contribution in [2.24, 2.45) is 4.99 Å². The summed E-state index contributed by atoms with van der Waals surface area (Å²) in [5, 5.41) is 11.0. The number of rotatable bonds is 9. The van der Waals surface area contributed by atoms with E-state index in [-0.39, 0.29) is 0 Å². The van der Waals surface area contributed by atoms with E-state index < -0.39 is 10.8 Å². The first-order valence-electron chi connectivity index (χ1n) is 8.93. The Labute approximate surface area is 158 Å². The van der Waals surface area contributed by atoms with Gasteiger partial charge in [0.15, 0.2) is 5.96 Å². The molecule has 0 saturated carbocycles. The Morgan fingerprint density at radius 2 is 1.92 bits per heavy atom. The molecule has 0 aliphatic carbocycles. The highest BCUT2D eigenvalue weighted by Crippen LogP contribution is 2.03. The number of hydrogen-bond donors (Lipinski definition) is 2. The molecular weight excluding hydrogens is 346 g/mol. The van der Waals surface area contributed by atoms with Crippen LogP contribution in [0.4, 0.5) is 0 Å². The van der Waals surface area contributed by atoms with Gasteiger partial charge in [-0.1, -0.05) is 30.3 Å². The molecular formula is C19H29N5OS. The van der Waals surface area contributed by atoms with Gasteiger partial charge in [0.25, 0.3) is 0 Å². The standard InChI is InChI=1S/C19H29N5OS/c1-16-14-17(2)24(23-16)12-7-10-21-19(20-3)22-11-13-26(25)15-18-8-5-4-6-9-18/h4-6,8-9,14H,7,10-13,15H2,1-3H3,(H2,20,21,22). The van der Waals surface area contributed by atoms with E-state index >= 15 is 0 Å². The largest absolute Gasteiger partial charge is 0.356 e. The maximum absolute atomic E-state index is 12.1. The number of benzene rings is 1. The molecule has 0 saturated heterocycles. The molecule has 0 radical (unpaired) electrons. The molecule has 7 heteroatoms. The summed E-state index contributed by atoms with van der Waals surface area (Å²) in [5.74, 6) is 1.94. The molecule has 1 aromatic carbocycles. The van der Waals surface area contributed by atoms with Gasteiger partial charge in [-0.2, -0.15) is 5.10 Å². The molecule has 0 aliphatic heterocycles. The van der Waals surface area contributed by atoms with Gasteiger partial charge in [0.05, 0.1) is 5.69 Å². The summed E-state index contributed by atoms with van der Waals surface area (Å²) in [4.78, 5) is 4.21. The van der Waals surface area contributed by atoms with Crippen LogP contribution in [-0.4, -0.2) is 45.8 Å². The number of aliphatic imine (C=N–C) groups is 1. The molecule has 142 valence electrons. The lowest BCUT2D eigenvalue weighted by Gasteiger charge is -2.12. The molecule has 0 amide bonds. The normalized spacial score (nSPS) is 12.8. The molecule has 1 atom stereocenters. The molecule has 2 aromatic rings. The summed E-state index contributed by atoms with van der Waals surface area (Å²) >= 11 is 0. The maximum Gasteiger partial charge on any atom is 0.191 e. The van der Waals surface area contributed by atoms with Gasteiger partial charge in [-0.15, -0.1) is 0 Å². The molecule has 6 nitrogen and oxygen atoms in total. The molecule has 2 rings (SSSR count). The summed E-state index contributed by atoms with van der Waals surface area (Å²) < 4.78 is 14.2. The monoisotopic (exact) mass is 375 g/mol. The van der Waals surface area contributed by atoms with Gasteiger partial charge in [-0.3, -0.25) is 13.9 Å². The third kappa shape index (κ3) is 7.00. The zero-order valence-corrected chi connectivity index (χ0v) is 16.7. The van der Waals surface area contributed by atoms with Crippen molar-refractivity contribution in [1.29, 1.82) is 0 Å². The fourth-order valence-electron chi connectivity index (χ4n) is 2.67. The molecule has 0 aliphatic rings. The zero-order chi connectivity index (χ0) is 18.8. The highest BCUT2D eigenvalue weighted by Gasteiger charge is 2.04. The van der Waals surface area contributed by atoms with E-state index in [0.717, 1.165) is 36.7 Å². The van der Waals surface area contributed by atoms with Gasteiger partial charge in [0, 0.05) is 54.7 Å². The Morgan fingerprint density at radius 1 is 1.19 bits per heavy atom. The summed E-state index contributed by atoms with van der Waals surface area (Å²) in [5.41, 5.74) is 3.35. The fourth-order valence-corrected chi connectivity index (χ4v) is 3.71. The van der Waals surface area contributed by atoms with E-state index in [1.807, 2.05) is 41.9 Å². The first kappa shape index (κ1) is 20.2. The van der Waals surface area contributed by atoms with Gasteiger partial charge in [-0.25, -0.2) is 0 Å². The summed E-state index contributed by atoms with van der Waals surface area (Å²) in [6.45, 7) is 6.41. The number of guanidine groups is 1. The lowest BCUT2D eigenvalue weighted by atomic mass is 10.2. The Balaban J connectivity index is 1.61. The van der Waals surface area contributed by atoms with Crippen LogP contribution in [0.25, 0.3) is 0 Å². The third-order valence-electron chi connectivity index (χ3n) is 3.96. The van der Waals surface area contributed by atoms with Crippen LogP contribution >= 0.6 is 0 Å². The topological polar surface area (TPSA) is 71.3 Å². The molecule has 0 bridgehead atoms. The predicted octanol–water partition coefficient (Wildman–Crippen LogP) is 2.00. The number of hydrogen-bond acceptors (Lipinski definition) is 3. The smallest absolute Gasteiger partial charge is 0.191 e. The van der Waals surface area contributed by atoms with Crippen molar-refractivity contribution in [2.45, 2.75) is 32.6 Å². The molecule has 1 heterocycles. The van der Waals surface area contributed by atoms with Crippen molar-refractivity contribution in [1.82, 2.24) is 20.4 Å². The molecule has 2 N–H and O–H groups in total. The van der Waals surface area contributed by atoms with Crippen LogP contribution < -0.4 is 10.6 Å². The Kier molecular flexibility index (Phi) is 8.34. The van der Waals surface area contributed by atoms with E-state index in [0.29, 0.717) is 18.1 Å². The molecule has 26 heavy (non-hydrogen) atoms. The van der Waals surface area contributed by atoms with E-state index in [4.69, 9.17) is 0 Å². The summed E-state index contributed by atoms with van der Waals surface area (Å²) in [6, 6.07) is 12.0. The minimum absolute atomic E-state index is 0.594. The van der Waals surface area contributed by atoms with Gasteiger partial charge in [0.1, 0.15) is 0 Å². The van der Waals surface area contributed by atoms with Crippen molar-refractivity contribution in [3.63, 3.8) is 0 Å². The summed E-state index contributed by atoms with van der Waals surface area (Å²) in [7, 11) is 0.868. The Bertz CT molecular complexity index is 727. The van der Waals surface area contributed by atoms with Crippen molar-refractivity contribution >= 4 is 16.8 Å². The second-order valence-corrected chi connectivity index (χ2v) is 7.78. The SMILES string of the molecule is CN=C(NCCCn1nc(C)cc1C)NCCS(=O)Cc1ccccc1. The second kappa shape index (κ2) is 10.8. The van der Waals surface area contributed by atoms with Crippen molar-refractivity contribution in [2.75, 3.05) is 25.9 Å². The van der Waals surface area contributed by atoms with E-state index in [9.17, 15) is 4.21 Å². The van der Waals surface area contributed by atoms with Crippen molar-refractivity contribution < 1.29 is 4.21 Å². The van der Waals surface area contributed by atoms with Crippen LogP contribution in [0.1, 0.15) is 23.4 Å². The maximum atomic E-state index is 12.1. The second-order valence-electron chi connectivity index (χ2n) is 6.20. The van der Waals surface area contributed by atoms with E-state index in [2.05, 4.69) is 33.7 Å². The quantitative estimate of drug-likeness (QED) is 0.400. The highest BCUT2D eigenvalue weighted by molar-refractivity contribution is 7.84. The first-order valence-corrected chi connectivity index (χ1v) is 10.4.